The van der Waals surface area contributed by atoms with Crippen LogP contribution in [0.15, 0.2) is 0 Å². The average molecular weight is 263 g/mol. The molecule has 1 saturated heterocycles. The fourth-order valence-corrected chi connectivity index (χ4v) is 2.37. The van der Waals surface area contributed by atoms with Crippen LogP contribution in [0.2, 0.25) is 0 Å². The van der Waals surface area contributed by atoms with Gasteiger partial charge in [0.15, 0.2) is 0 Å². The SMILES string of the molecule is CC1(C)CN(C[B-](F)(F)F)CC(C)(C)O1.[K+]. The molecule has 0 N–H and O–H groups in total. The smallest absolute Gasteiger partial charge is 0.448 e. The first-order valence-electron chi connectivity index (χ1n) is 5.13. The molecule has 0 unspecified atom stereocenters. The first kappa shape index (κ1) is 17.4. The zero-order valence-corrected chi connectivity index (χ0v) is 13.8. The van der Waals surface area contributed by atoms with E-state index >= 15 is 0 Å². The molecular weight excluding hydrogens is 245 g/mol. The molecule has 0 aromatic heterocycles. The number of halogens is 3. The summed E-state index contributed by atoms with van der Waals surface area (Å²) in [7, 11) is 0. The Morgan fingerprint density at radius 1 is 1.06 bits per heavy atom. The van der Waals surface area contributed by atoms with Crippen LogP contribution in [0, 0.1) is 0 Å². The van der Waals surface area contributed by atoms with Crippen molar-refractivity contribution < 1.29 is 69.1 Å². The van der Waals surface area contributed by atoms with Crippen LogP contribution in [0.3, 0.4) is 0 Å². The molecule has 1 rings (SSSR count). The number of morpholine rings is 1. The number of ether oxygens (including phenoxy) is 1. The van der Waals surface area contributed by atoms with Gasteiger partial charge in [0, 0.05) is 13.1 Å². The zero-order chi connectivity index (χ0) is 11.9. The minimum Gasteiger partial charge on any atom is -0.448 e. The summed E-state index contributed by atoms with van der Waals surface area (Å²) in [6.45, 7) is 3.21. The first-order valence-corrected chi connectivity index (χ1v) is 5.13. The molecule has 0 aliphatic carbocycles. The van der Waals surface area contributed by atoms with Gasteiger partial charge in [0.25, 0.3) is 0 Å². The van der Waals surface area contributed by atoms with Gasteiger partial charge in [0.05, 0.1) is 11.2 Å². The molecule has 16 heavy (non-hydrogen) atoms. The summed E-state index contributed by atoms with van der Waals surface area (Å²) in [5.74, 6) is 0. The standard InChI is InChI=1S/C9H18BF3NO.K/c1-8(2)5-14(7-10(11,12)13)6-9(3,4)15-8;/h5-7H2,1-4H3;/q-1;+1. The minimum atomic E-state index is -4.75. The second-order valence-electron chi connectivity index (χ2n) is 5.50. The third-order valence-electron chi connectivity index (χ3n) is 2.23. The largest absolute Gasteiger partial charge is 1.00 e. The molecule has 90 valence electrons. The van der Waals surface area contributed by atoms with E-state index in [9.17, 15) is 12.9 Å². The molecule has 7 heteroatoms. The Bertz CT molecular complexity index is 227. The van der Waals surface area contributed by atoms with Gasteiger partial charge in [-0.2, -0.15) is 0 Å². The summed E-state index contributed by atoms with van der Waals surface area (Å²) in [5.41, 5.74) is -1.02. The van der Waals surface area contributed by atoms with E-state index in [2.05, 4.69) is 0 Å². The normalized spacial score (nSPS) is 24.9. The summed E-state index contributed by atoms with van der Waals surface area (Å²) in [6, 6.07) is 0. The van der Waals surface area contributed by atoms with Gasteiger partial charge in [-0.25, -0.2) is 0 Å². The van der Waals surface area contributed by atoms with Gasteiger partial charge >= 0.3 is 58.4 Å². The van der Waals surface area contributed by atoms with Crippen molar-refractivity contribution in [2.45, 2.75) is 38.9 Å². The Morgan fingerprint density at radius 3 is 1.75 bits per heavy atom. The van der Waals surface area contributed by atoms with E-state index in [4.69, 9.17) is 4.74 Å². The minimum absolute atomic E-state index is 0. The molecular formula is C9H18BF3KNO. The van der Waals surface area contributed by atoms with Crippen molar-refractivity contribution in [3.8, 4) is 0 Å². The topological polar surface area (TPSA) is 12.5 Å². The maximum absolute atomic E-state index is 12.3. The molecule has 2 nitrogen and oxygen atoms in total. The Kier molecular flexibility index (Phi) is 6.08. The van der Waals surface area contributed by atoms with E-state index in [1.165, 1.54) is 4.90 Å². The quantitative estimate of drug-likeness (QED) is 0.609. The molecule has 0 spiro atoms. The van der Waals surface area contributed by atoms with E-state index < -0.39 is 24.6 Å². The summed E-state index contributed by atoms with van der Waals surface area (Å²) in [6.07, 6.45) is -0.795. The molecule has 0 amide bonds. The number of rotatable bonds is 2. The van der Waals surface area contributed by atoms with E-state index in [0.29, 0.717) is 13.1 Å². The third kappa shape index (κ3) is 6.37. The number of nitrogens with zero attached hydrogens (tertiary/aromatic N) is 1. The van der Waals surface area contributed by atoms with Gasteiger partial charge in [-0.3, -0.25) is 0 Å². The third-order valence-corrected chi connectivity index (χ3v) is 2.23. The molecule has 0 atom stereocenters. The van der Waals surface area contributed by atoms with Crippen LogP contribution >= 0.6 is 0 Å². The second kappa shape index (κ2) is 5.59. The van der Waals surface area contributed by atoms with Gasteiger partial charge in [0.2, 0.25) is 0 Å². The van der Waals surface area contributed by atoms with Crippen LogP contribution in [0.4, 0.5) is 12.9 Å². The van der Waals surface area contributed by atoms with Crippen molar-refractivity contribution in [1.82, 2.24) is 4.90 Å². The van der Waals surface area contributed by atoms with Gasteiger partial charge < -0.3 is 22.6 Å². The van der Waals surface area contributed by atoms with Crippen LogP contribution < -0.4 is 51.4 Å². The second-order valence-corrected chi connectivity index (χ2v) is 5.50. The monoisotopic (exact) mass is 263 g/mol. The zero-order valence-electron chi connectivity index (χ0n) is 10.7. The van der Waals surface area contributed by atoms with Crippen LogP contribution in [0.1, 0.15) is 27.7 Å². The Balaban J connectivity index is 0.00000225. The number of hydrogen-bond acceptors (Lipinski definition) is 2. The maximum atomic E-state index is 12.3. The molecule has 1 aliphatic rings. The van der Waals surface area contributed by atoms with Gasteiger partial charge in [0.1, 0.15) is 0 Å². The van der Waals surface area contributed by atoms with E-state index in [-0.39, 0.29) is 51.4 Å². The van der Waals surface area contributed by atoms with E-state index in [0.717, 1.165) is 0 Å². The molecule has 0 aromatic rings. The first-order chi connectivity index (χ1) is 6.49. The predicted molar refractivity (Wildman–Crippen MR) is 54.8 cm³/mol. The van der Waals surface area contributed by atoms with Gasteiger partial charge in [-0.15, -0.1) is 0 Å². The van der Waals surface area contributed by atoms with Crippen molar-refractivity contribution >= 4 is 6.98 Å². The van der Waals surface area contributed by atoms with Crippen molar-refractivity contribution in [1.29, 1.82) is 0 Å². The van der Waals surface area contributed by atoms with Gasteiger partial charge in [-0.05, 0) is 34.1 Å². The average Bonchev–Trinajstić information content (AvgIpc) is 1.70. The molecule has 1 aliphatic heterocycles. The maximum Gasteiger partial charge on any atom is 1.00 e. The molecule has 0 radical (unpaired) electrons. The van der Waals surface area contributed by atoms with Crippen LogP contribution in [0.5, 0.6) is 0 Å². The Hall–Kier alpha value is 1.41. The van der Waals surface area contributed by atoms with E-state index in [1.807, 2.05) is 27.7 Å². The molecule has 0 aromatic carbocycles. The fourth-order valence-electron chi connectivity index (χ4n) is 2.37. The Morgan fingerprint density at radius 2 is 1.44 bits per heavy atom. The summed E-state index contributed by atoms with van der Waals surface area (Å²) < 4.78 is 42.7. The van der Waals surface area contributed by atoms with Crippen molar-refractivity contribution in [3.63, 3.8) is 0 Å². The van der Waals surface area contributed by atoms with Crippen molar-refractivity contribution in [2.75, 3.05) is 19.5 Å². The fraction of sp³-hybridized carbons (Fsp3) is 1.00. The summed E-state index contributed by atoms with van der Waals surface area (Å²) >= 11 is 0. The molecule has 0 saturated carbocycles. The number of hydrogen-bond donors (Lipinski definition) is 0. The summed E-state index contributed by atoms with van der Waals surface area (Å²) in [4.78, 5) is 1.43. The molecule has 1 fully saturated rings. The van der Waals surface area contributed by atoms with Crippen LogP contribution in [0.25, 0.3) is 0 Å². The van der Waals surface area contributed by atoms with Crippen molar-refractivity contribution in [2.24, 2.45) is 0 Å². The Labute approximate surface area is 138 Å². The molecule has 1 heterocycles. The van der Waals surface area contributed by atoms with Crippen LogP contribution in [-0.4, -0.2) is 42.6 Å². The molecule has 0 bridgehead atoms. The predicted octanol–water partition coefficient (Wildman–Crippen LogP) is -0.734. The van der Waals surface area contributed by atoms with E-state index in [1.54, 1.807) is 0 Å². The van der Waals surface area contributed by atoms with Crippen molar-refractivity contribution in [3.05, 3.63) is 0 Å². The van der Waals surface area contributed by atoms with Gasteiger partial charge in [-0.1, -0.05) is 0 Å². The van der Waals surface area contributed by atoms with Crippen LogP contribution in [-0.2, 0) is 4.74 Å². The summed E-state index contributed by atoms with van der Waals surface area (Å²) in [5, 5.41) is 0.